The molecule has 3 heterocycles. The minimum atomic E-state index is -1.07. The number of aliphatic hydroxyl groups is 2. The Labute approximate surface area is 152 Å². The van der Waals surface area contributed by atoms with E-state index >= 15 is 0 Å². The van der Waals surface area contributed by atoms with Gasteiger partial charge in [0.2, 0.25) is 0 Å². The predicted octanol–water partition coefficient (Wildman–Crippen LogP) is 0.396. The van der Waals surface area contributed by atoms with Gasteiger partial charge < -0.3 is 25.6 Å². The van der Waals surface area contributed by atoms with Crippen molar-refractivity contribution < 1.29 is 14.9 Å². The minimum absolute atomic E-state index is 0.268. The summed E-state index contributed by atoms with van der Waals surface area (Å²) in [6.45, 7) is 8.84. The smallest absolute Gasteiger partial charge is 0.167 e. The van der Waals surface area contributed by atoms with E-state index in [0.29, 0.717) is 23.6 Å². The number of aliphatic hydroxyl groups excluding tert-OH is 2. The summed E-state index contributed by atoms with van der Waals surface area (Å²) in [7, 11) is 0. The molecule has 0 radical (unpaired) electrons. The van der Waals surface area contributed by atoms with Crippen molar-refractivity contribution in [1.29, 1.82) is 0 Å². The molecule has 1 aliphatic heterocycles. The Morgan fingerprint density at radius 1 is 1.27 bits per heavy atom. The molecular weight excluding hydrogens is 336 g/mol. The highest BCUT2D eigenvalue weighted by Gasteiger charge is 2.44. The third-order valence-corrected chi connectivity index (χ3v) is 4.60. The first-order valence-corrected chi connectivity index (χ1v) is 9.09. The third kappa shape index (κ3) is 3.66. The van der Waals surface area contributed by atoms with Crippen LogP contribution >= 0.6 is 0 Å². The van der Waals surface area contributed by atoms with Gasteiger partial charge in [0.1, 0.15) is 30.2 Å². The van der Waals surface area contributed by atoms with E-state index in [9.17, 15) is 10.2 Å². The average molecular weight is 364 g/mol. The van der Waals surface area contributed by atoms with Gasteiger partial charge in [-0.2, -0.15) is 0 Å². The summed E-state index contributed by atoms with van der Waals surface area (Å²) in [6, 6.07) is 0. The van der Waals surface area contributed by atoms with Gasteiger partial charge >= 0.3 is 0 Å². The first-order chi connectivity index (χ1) is 12.4. The van der Waals surface area contributed by atoms with Crippen molar-refractivity contribution in [3.05, 3.63) is 12.7 Å². The molecule has 0 saturated carbocycles. The van der Waals surface area contributed by atoms with Gasteiger partial charge in [-0.3, -0.25) is 4.57 Å². The lowest BCUT2D eigenvalue weighted by Gasteiger charge is -2.27. The Balaban J connectivity index is 1.79. The second kappa shape index (κ2) is 7.83. The van der Waals surface area contributed by atoms with Crippen LogP contribution in [0.4, 0.5) is 5.82 Å². The number of imidazole rings is 1. The fraction of sp³-hybridized carbons (Fsp3) is 0.706. The highest BCUT2D eigenvalue weighted by atomic mass is 16.6. The number of rotatable bonds is 7. The zero-order valence-electron chi connectivity index (χ0n) is 15.5. The quantitative estimate of drug-likeness (QED) is 0.645. The number of nitrogen functional groups attached to an aromatic ring is 1. The molecule has 0 spiro atoms. The summed E-state index contributed by atoms with van der Waals surface area (Å²) < 4.78 is 7.62. The molecule has 144 valence electrons. The molecule has 9 heteroatoms. The van der Waals surface area contributed by atoms with Crippen LogP contribution in [-0.2, 0) is 4.74 Å². The van der Waals surface area contributed by atoms with Crippen molar-refractivity contribution in [3.63, 3.8) is 0 Å². The third-order valence-electron chi connectivity index (χ3n) is 4.60. The van der Waals surface area contributed by atoms with Crippen LogP contribution < -0.4 is 5.73 Å². The van der Waals surface area contributed by atoms with Gasteiger partial charge in [-0.25, -0.2) is 15.0 Å². The summed E-state index contributed by atoms with van der Waals surface area (Å²) in [5.41, 5.74) is 6.74. The maximum absolute atomic E-state index is 10.5. The molecule has 0 unspecified atom stereocenters. The van der Waals surface area contributed by atoms with Crippen molar-refractivity contribution in [2.24, 2.45) is 5.92 Å². The van der Waals surface area contributed by atoms with E-state index in [1.165, 1.54) is 12.7 Å². The van der Waals surface area contributed by atoms with E-state index in [2.05, 4.69) is 40.6 Å². The van der Waals surface area contributed by atoms with Crippen LogP contribution in [-0.4, -0.2) is 72.6 Å². The molecule has 1 aliphatic rings. The average Bonchev–Trinajstić information content (AvgIpc) is 3.12. The van der Waals surface area contributed by atoms with Gasteiger partial charge in [-0.05, 0) is 18.9 Å². The van der Waals surface area contributed by atoms with Crippen molar-refractivity contribution in [2.75, 3.05) is 25.4 Å². The number of hydrogen-bond acceptors (Lipinski definition) is 8. The Hall–Kier alpha value is -1.81. The van der Waals surface area contributed by atoms with Gasteiger partial charge in [-0.15, -0.1) is 0 Å². The fourth-order valence-corrected chi connectivity index (χ4v) is 3.51. The molecule has 2 aromatic heterocycles. The van der Waals surface area contributed by atoms with Crippen molar-refractivity contribution >= 4 is 17.0 Å². The highest BCUT2D eigenvalue weighted by molar-refractivity contribution is 5.81. The summed E-state index contributed by atoms with van der Waals surface area (Å²) in [6.07, 6.45) is 0.560. The van der Waals surface area contributed by atoms with Crippen LogP contribution in [0.1, 0.15) is 33.4 Å². The number of nitrogens with two attached hydrogens (primary N) is 1. The molecule has 3 rings (SSSR count). The molecule has 0 aromatic carbocycles. The molecule has 0 amide bonds. The van der Waals surface area contributed by atoms with Gasteiger partial charge in [0.05, 0.1) is 6.33 Å². The summed E-state index contributed by atoms with van der Waals surface area (Å²) >= 11 is 0. The van der Waals surface area contributed by atoms with Crippen LogP contribution in [0, 0.1) is 5.92 Å². The van der Waals surface area contributed by atoms with Crippen molar-refractivity contribution in [1.82, 2.24) is 24.4 Å². The Bertz CT molecular complexity index is 736. The number of nitrogens with zero attached hydrogens (tertiary/aromatic N) is 5. The summed E-state index contributed by atoms with van der Waals surface area (Å²) in [5, 5.41) is 21.0. The number of hydrogen-bond donors (Lipinski definition) is 3. The monoisotopic (exact) mass is 364 g/mol. The number of aromatic nitrogens is 4. The number of fused-ring (bicyclic) bond motifs is 1. The van der Waals surface area contributed by atoms with Gasteiger partial charge in [0, 0.05) is 13.1 Å². The maximum Gasteiger partial charge on any atom is 0.167 e. The standard InChI is InChI=1S/C17H28N6O3/c1-4-5-22(6-10(2)3)7-11-13(24)14(25)17(26-11)23-9-21-12-15(18)19-8-20-16(12)23/h8-11,13-14,17,24-25H,4-7H2,1-3H3,(H2,18,19,20)/t11-,13-,14-,17-/m1/s1. The van der Waals surface area contributed by atoms with E-state index in [4.69, 9.17) is 10.5 Å². The lowest BCUT2D eigenvalue weighted by molar-refractivity contribution is -0.0449. The largest absolute Gasteiger partial charge is 0.387 e. The van der Waals surface area contributed by atoms with Gasteiger partial charge in [0.15, 0.2) is 17.7 Å². The van der Waals surface area contributed by atoms with Crippen LogP contribution in [0.3, 0.4) is 0 Å². The van der Waals surface area contributed by atoms with Crippen LogP contribution in [0.15, 0.2) is 12.7 Å². The predicted molar refractivity (Wildman–Crippen MR) is 97.2 cm³/mol. The second-order valence-electron chi connectivity index (χ2n) is 7.28. The van der Waals surface area contributed by atoms with Gasteiger partial charge in [-0.1, -0.05) is 20.8 Å². The zero-order valence-corrected chi connectivity index (χ0v) is 15.5. The van der Waals surface area contributed by atoms with Crippen molar-refractivity contribution in [2.45, 2.75) is 51.7 Å². The highest BCUT2D eigenvalue weighted by Crippen LogP contribution is 2.32. The Kier molecular flexibility index (Phi) is 5.71. The zero-order chi connectivity index (χ0) is 18.8. The van der Waals surface area contributed by atoms with Crippen LogP contribution in [0.25, 0.3) is 11.2 Å². The van der Waals surface area contributed by atoms with Crippen molar-refractivity contribution in [3.8, 4) is 0 Å². The topological polar surface area (TPSA) is 123 Å². The fourth-order valence-electron chi connectivity index (χ4n) is 3.51. The molecule has 4 N–H and O–H groups in total. The summed E-state index contributed by atoms with van der Waals surface area (Å²) in [4.78, 5) is 14.6. The molecular formula is C17H28N6O3. The molecule has 0 aliphatic carbocycles. The first-order valence-electron chi connectivity index (χ1n) is 9.09. The van der Waals surface area contributed by atoms with E-state index in [-0.39, 0.29) is 5.82 Å². The Morgan fingerprint density at radius 3 is 2.73 bits per heavy atom. The summed E-state index contributed by atoms with van der Waals surface area (Å²) in [5.74, 6) is 0.780. The number of ether oxygens (including phenoxy) is 1. The van der Waals surface area contributed by atoms with E-state index in [1.807, 2.05) is 0 Å². The maximum atomic E-state index is 10.5. The van der Waals surface area contributed by atoms with Gasteiger partial charge in [0.25, 0.3) is 0 Å². The normalized spacial score (nSPS) is 26.4. The van der Waals surface area contributed by atoms with Crippen LogP contribution in [0.5, 0.6) is 0 Å². The molecule has 9 nitrogen and oxygen atoms in total. The molecule has 4 atom stereocenters. The Morgan fingerprint density at radius 2 is 2.04 bits per heavy atom. The first kappa shape index (κ1) is 19.0. The molecule has 1 saturated heterocycles. The SMILES string of the molecule is CCCN(CC(C)C)C[C@H]1O[C@@H](n2cnc3c(N)ncnc32)[C@H](O)[C@@H]1O. The lowest BCUT2D eigenvalue weighted by Crippen LogP contribution is -2.41. The molecule has 2 aromatic rings. The molecule has 26 heavy (non-hydrogen) atoms. The number of anilines is 1. The van der Waals surface area contributed by atoms with E-state index < -0.39 is 24.5 Å². The molecule has 0 bridgehead atoms. The molecule has 1 fully saturated rings. The minimum Gasteiger partial charge on any atom is -0.387 e. The lowest BCUT2D eigenvalue weighted by atomic mass is 10.1. The van der Waals surface area contributed by atoms with Crippen LogP contribution in [0.2, 0.25) is 0 Å². The second-order valence-corrected chi connectivity index (χ2v) is 7.28. The van der Waals surface area contributed by atoms with E-state index in [1.54, 1.807) is 4.57 Å². The van der Waals surface area contributed by atoms with E-state index in [0.717, 1.165) is 19.5 Å².